The Morgan fingerprint density at radius 3 is 2.02 bits per heavy atom. The maximum Gasteiger partial charge on any atom is 0.120 e. The summed E-state index contributed by atoms with van der Waals surface area (Å²) >= 11 is 0. The molecule has 0 saturated carbocycles. The van der Waals surface area contributed by atoms with Crippen molar-refractivity contribution in [3.63, 3.8) is 0 Å². The molecule has 3 heterocycles. The average molecular weight is 966 g/mol. The van der Waals surface area contributed by atoms with Gasteiger partial charge in [0, 0.05) is 43.3 Å². The number of rotatable bonds is 8. The van der Waals surface area contributed by atoms with E-state index in [0.29, 0.717) is 17.8 Å². The van der Waals surface area contributed by atoms with Gasteiger partial charge in [-0.05, 0) is 63.2 Å². The van der Waals surface area contributed by atoms with E-state index >= 15 is 0 Å². The molecule has 0 fully saturated rings. The van der Waals surface area contributed by atoms with E-state index in [0.717, 1.165) is 55.6 Å². The molecule has 0 bridgehead atoms. The normalized spacial score (nSPS) is 12.2. The van der Waals surface area contributed by atoms with Gasteiger partial charge >= 0.3 is 0 Å². The number of pyridine rings is 1. The largest absolute Gasteiger partial charge is 0.501 e. The number of nitrogens with zero attached hydrogens (tertiary/aromatic N) is 3. The molecule has 6 heteroatoms. The third kappa shape index (κ3) is 8.27. The van der Waals surface area contributed by atoms with Gasteiger partial charge in [0.15, 0.2) is 0 Å². The number of aromatic nitrogens is 3. The van der Waals surface area contributed by atoms with Gasteiger partial charge in [-0.25, -0.2) is 0 Å². The fourth-order valence-electron chi connectivity index (χ4n) is 8.12. The van der Waals surface area contributed by atoms with E-state index in [4.69, 9.17) is 14.4 Å². The van der Waals surface area contributed by atoms with Crippen LogP contribution in [0.4, 0.5) is 0 Å². The van der Waals surface area contributed by atoms with Crippen molar-refractivity contribution in [2.45, 2.75) is 72.0 Å². The monoisotopic (exact) mass is 966 g/mol. The van der Waals surface area contributed by atoms with Gasteiger partial charge in [0.2, 0.25) is 0 Å². The minimum Gasteiger partial charge on any atom is -0.501 e. The van der Waals surface area contributed by atoms with Crippen molar-refractivity contribution in [1.29, 1.82) is 0 Å². The van der Waals surface area contributed by atoms with Crippen LogP contribution < -0.4 is 5.19 Å². The molecule has 0 N–H and O–H groups in total. The van der Waals surface area contributed by atoms with Gasteiger partial charge in [-0.1, -0.05) is 150 Å². The zero-order valence-electron chi connectivity index (χ0n) is 35.2. The van der Waals surface area contributed by atoms with Crippen molar-refractivity contribution in [2.75, 3.05) is 0 Å². The van der Waals surface area contributed by atoms with Crippen LogP contribution >= 0.6 is 0 Å². The molecule has 299 valence electrons. The van der Waals surface area contributed by atoms with Crippen molar-refractivity contribution < 1.29 is 24.5 Å². The summed E-state index contributed by atoms with van der Waals surface area (Å²) in [5.74, 6) is 1.96. The molecule has 0 saturated heterocycles. The van der Waals surface area contributed by atoms with Gasteiger partial charge < -0.3 is 14.0 Å². The first kappa shape index (κ1) is 41.8. The fraction of sp³-hybridized carbons (Fsp3) is 0.208. The smallest absolute Gasteiger partial charge is 0.120 e. The summed E-state index contributed by atoms with van der Waals surface area (Å²) in [5, 5.41) is 3.64. The van der Waals surface area contributed by atoms with E-state index in [-0.39, 0.29) is 20.1 Å². The van der Waals surface area contributed by atoms with E-state index in [2.05, 4.69) is 174 Å². The standard InChI is InChI=1S/C31H27N2O.C22H24NSi.Ir/c1-19(2)21-12-9-13-22(20(3)4)29(21)33-27-17-7-6-16-26(27)32-31(33)25-15-10-14-24-23-11-5-8-18-28(23)34-30(24)25;1-17(18-11-7-5-8-12-18)20-15-21(19-13-9-6-10-14-19)23-16-22(20)24(2,3)4;/h5-14,16-20H,1-4H3;5-13,15-17H,1-4H3;/q2*-1;. The zero-order valence-corrected chi connectivity index (χ0v) is 38.6. The van der Waals surface area contributed by atoms with Crippen molar-refractivity contribution in [3.05, 3.63) is 180 Å². The Hall–Kier alpha value is -5.39. The molecule has 1 unspecified atom stereocenters. The predicted octanol–water partition coefficient (Wildman–Crippen LogP) is 13.9. The summed E-state index contributed by atoms with van der Waals surface area (Å²) in [4.78, 5) is 9.91. The number of hydrogen-bond acceptors (Lipinski definition) is 3. The van der Waals surface area contributed by atoms with Crippen molar-refractivity contribution >= 4 is 46.2 Å². The molecule has 0 amide bonds. The summed E-state index contributed by atoms with van der Waals surface area (Å²) in [6, 6.07) is 55.2. The predicted molar refractivity (Wildman–Crippen MR) is 246 cm³/mol. The number of hydrogen-bond donors (Lipinski definition) is 0. The molecule has 9 rings (SSSR count). The second kappa shape index (κ2) is 17.4. The molecule has 0 spiro atoms. The van der Waals surface area contributed by atoms with Crippen molar-refractivity contribution in [1.82, 2.24) is 14.5 Å². The number of imidazole rings is 1. The van der Waals surface area contributed by atoms with Crippen LogP contribution in [0.5, 0.6) is 0 Å². The Morgan fingerprint density at radius 1 is 0.644 bits per heavy atom. The summed E-state index contributed by atoms with van der Waals surface area (Å²) in [7, 11) is -1.47. The van der Waals surface area contributed by atoms with Crippen molar-refractivity contribution in [3.8, 4) is 28.3 Å². The van der Waals surface area contributed by atoms with Gasteiger partial charge in [-0.15, -0.1) is 54.1 Å². The Labute approximate surface area is 363 Å². The minimum atomic E-state index is -1.47. The van der Waals surface area contributed by atoms with Crippen LogP contribution in [-0.2, 0) is 20.1 Å². The fourth-order valence-corrected chi connectivity index (χ4v) is 9.73. The SMILES string of the molecule is CC(C)c1cccc(C(C)C)c1-n1c(-c2[c-]ccc3c2oc2ccccc23)nc2ccccc21.CC(c1ccccc1)c1cc(-c2[c-]cccc2)ncc1[Si](C)(C)C.[Ir]. The van der Waals surface area contributed by atoms with Crippen molar-refractivity contribution in [2.24, 2.45) is 0 Å². The third-order valence-corrected chi connectivity index (χ3v) is 13.2. The molecular weight excluding hydrogens is 915 g/mol. The van der Waals surface area contributed by atoms with E-state index < -0.39 is 8.07 Å². The molecule has 59 heavy (non-hydrogen) atoms. The van der Waals surface area contributed by atoms with E-state index in [1.807, 2.05) is 42.5 Å². The maximum absolute atomic E-state index is 6.40. The van der Waals surface area contributed by atoms with Crippen LogP contribution in [0.15, 0.2) is 150 Å². The molecule has 6 aromatic carbocycles. The van der Waals surface area contributed by atoms with Gasteiger partial charge in [-0.2, -0.15) is 0 Å². The Balaban J connectivity index is 0.000000187. The first-order valence-electron chi connectivity index (χ1n) is 20.5. The van der Waals surface area contributed by atoms with Gasteiger partial charge in [0.25, 0.3) is 0 Å². The summed E-state index contributed by atoms with van der Waals surface area (Å²) in [6.45, 7) is 18.5. The Kier molecular flexibility index (Phi) is 12.3. The van der Waals surface area contributed by atoms with E-state index in [1.54, 1.807) is 0 Å². The second-order valence-electron chi connectivity index (χ2n) is 16.9. The summed E-state index contributed by atoms with van der Waals surface area (Å²) in [5.41, 5.74) is 13.3. The summed E-state index contributed by atoms with van der Waals surface area (Å²) in [6.07, 6.45) is 2.11. The first-order chi connectivity index (χ1) is 28.0. The number of para-hydroxylation sites is 4. The number of benzene rings is 6. The molecule has 1 atom stereocenters. The van der Waals surface area contributed by atoms with E-state index in [9.17, 15) is 0 Å². The van der Waals surface area contributed by atoms with Gasteiger partial charge in [0.1, 0.15) is 5.58 Å². The maximum atomic E-state index is 6.40. The van der Waals surface area contributed by atoms with Crippen LogP contribution in [-0.4, -0.2) is 22.6 Å². The topological polar surface area (TPSA) is 43.9 Å². The third-order valence-electron chi connectivity index (χ3n) is 11.2. The number of fused-ring (bicyclic) bond motifs is 4. The summed E-state index contributed by atoms with van der Waals surface area (Å²) < 4.78 is 8.73. The minimum absolute atomic E-state index is 0. The molecule has 4 nitrogen and oxygen atoms in total. The molecule has 1 radical (unpaired) electrons. The van der Waals surface area contributed by atoms with Gasteiger partial charge in [0.05, 0.1) is 30.5 Å². The number of furan rings is 1. The molecule has 9 aromatic rings. The second-order valence-corrected chi connectivity index (χ2v) is 21.9. The molecular formula is C53H51IrN3OSi-2. The van der Waals surface area contributed by atoms with Crippen LogP contribution in [0.25, 0.3) is 61.3 Å². The van der Waals surface area contributed by atoms with Crippen LogP contribution in [0.2, 0.25) is 19.6 Å². The molecule has 3 aromatic heterocycles. The van der Waals surface area contributed by atoms with Crippen LogP contribution in [0.3, 0.4) is 0 Å². The Bertz CT molecular complexity index is 2830. The first-order valence-corrected chi connectivity index (χ1v) is 24.0. The van der Waals surface area contributed by atoms with Crippen LogP contribution in [0.1, 0.15) is 74.6 Å². The van der Waals surface area contributed by atoms with Crippen LogP contribution in [0, 0.1) is 12.1 Å². The molecule has 0 aliphatic heterocycles. The zero-order chi connectivity index (χ0) is 40.6. The molecule has 0 aliphatic carbocycles. The quantitative estimate of drug-likeness (QED) is 0.113. The molecule has 0 aliphatic rings. The van der Waals surface area contributed by atoms with Gasteiger partial charge in [-0.3, -0.25) is 4.98 Å². The Morgan fingerprint density at radius 2 is 1.32 bits per heavy atom. The average Bonchev–Trinajstić information content (AvgIpc) is 3.82. The van der Waals surface area contributed by atoms with E-state index in [1.165, 1.54) is 33.1 Å².